The van der Waals surface area contributed by atoms with E-state index in [1.54, 1.807) is 0 Å². The van der Waals surface area contributed by atoms with Crippen molar-refractivity contribution in [2.45, 2.75) is 45.1 Å². The van der Waals surface area contributed by atoms with Gasteiger partial charge in [-0.05, 0) is 44.2 Å². The smallest absolute Gasteiger partial charge is 0.230 e. The summed E-state index contributed by atoms with van der Waals surface area (Å²) in [5.41, 5.74) is 0.930. The highest BCUT2D eigenvalue weighted by Crippen LogP contribution is 2.31. The summed E-state index contributed by atoms with van der Waals surface area (Å²) < 4.78 is 5.71. The van der Waals surface area contributed by atoms with Crippen molar-refractivity contribution in [1.29, 1.82) is 0 Å². The molecule has 23 heavy (non-hydrogen) atoms. The molecule has 0 aromatic carbocycles. The van der Waals surface area contributed by atoms with Crippen molar-refractivity contribution in [3.63, 3.8) is 0 Å². The molecule has 126 valence electrons. The van der Waals surface area contributed by atoms with Crippen LogP contribution in [0.2, 0.25) is 0 Å². The minimum atomic E-state index is 0.0605. The predicted molar refractivity (Wildman–Crippen MR) is 91.8 cm³/mol. The predicted octanol–water partition coefficient (Wildman–Crippen LogP) is 2.85. The molecule has 2 aliphatic rings. The molecule has 2 fully saturated rings. The monoisotopic (exact) mass is 317 g/mol. The van der Waals surface area contributed by atoms with Gasteiger partial charge in [0.2, 0.25) is 5.91 Å². The molecule has 5 nitrogen and oxygen atoms in total. The van der Waals surface area contributed by atoms with Crippen molar-refractivity contribution in [3.8, 4) is 0 Å². The number of rotatable bonds is 4. The number of hydrogen-bond acceptors (Lipinski definition) is 4. The summed E-state index contributed by atoms with van der Waals surface area (Å²) in [6, 6.07) is 3.92. The first-order valence-electron chi connectivity index (χ1n) is 8.79. The van der Waals surface area contributed by atoms with Crippen LogP contribution in [0.5, 0.6) is 0 Å². The maximum absolute atomic E-state index is 13.0. The molecule has 0 bridgehead atoms. The van der Waals surface area contributed by atoms with E-state index in [-0.39, 0.29) is 17.9 Å². The Labute approximate surface area is 138 Å². The summed E-state index contributed by atoms with van der Waals surface area (Å²) in [6.45, 7) is 4.87. The quantitative estimate of drug-likeness (QED) is 0.856. The molecule has 1 aromatic heterocycles. The van der Waals surface area contributed by atoms with Crippen LogP contribution in [0.25, 0.3) is 0 Å². The van der Waals surface area contributed by atoms with E-state index in [9.17, 15) is 4.79 Å². The third-order valence-electron chi connectivity index (χ3n) is 5.04. The van der Waals surface area contributed by atoms with Crippen LogP contribution in [0, 0.1) is 5.92 Å². The summed E-state index contributed by atoms with van der Waals surface area (Å²) in [4.78, 5) is 21.6. The van der Waals surface area contributed by atoms with Gasteiger partial charge in [-0.1, -0.05) is 6.92 Å². The minimum absolute atomic E-state index is 0.0605. The molecule has 1 amide bonds. The van der Waals surface area contributed by atoms with Gasteiger partial charge >= 0.3 is 0 Å². The minimum Gasteiger partial charge on any atom is -0.378 e. The summed E-state index contributed by atoms with van der Waals surface area (Å²) >= 11 is 0. The van der Waals surface area contributed by atoms with Gasteiger partial charge in [0.05, 0.1) is 11.8 Å². The maximum Gasteiger partial charge on any atom is 0.230 e. The Kier molecular flexibility index (Phi) is 5.16. The molecule has 5 heteroatoms. The van der Waals surface area contributed by atoms with Gasteiger partial charge in [0, 0.05) is 38.9 Å². The lowest BCUT2D eigenvalue weighted by Crippen LogP contribution is -2.39. The summed E-state index contributed by atoms with van der Waals surface area (Å²) in [6.07, 6.45) is 7.06. The van der Waals surface area contributed by atoms with Crippen LogP contribution in [-0.2, 0) is 9.53 Å². The molecule has 0 N–H and O–H groups in total. The molecule has 3 rings (SSSR count). The topological polar surface area (TPSA) is 45.7 Å². The van der Waals surface area contributed by atoms with E-state index >= 15 is 0 Å². The molecular weight excluding hydrogens is 290 g/mol. The summed E-state index contributed by atoms with van der Waals surface area (Å²) in [5.74, 6) is 1.20. The third-order valence-corrected chi connectivity index (χ3v) is 5.04. The van der Waals surface area contributed by atoms with E-state index in [0.29, 0.717) is 6.61 Å². The fraction of sp³-hybridized carbons (Fsp3) is 0.667. The molecule has 0 saturated carbocycles. The maximum atomic E-state index is 13.0. The molecule has 1 aromatic rings. The van der Waals surface area contributed by atoms with Crippen molar-refractivity contribution in [1.82, 2.24) is 4.98 Å². The first kappa shape index (κ1) is 16.2. The van der Waals surface area contributed by atoms with Crippen LogP contribution < -0.4 is 9.80 Å². The van der Waals surface area contributed by atoms with E-state index in [1.807, 2.05) is 30.3 Å². The van der Waals surface area contributed by atoms with Gasteiger partial charge in [-0.2, -0.15) is 0 Å². The van der Waals surface area contributed by atoms with Crippen LogP contribution in [0.1, 0.15) is 39.0 Å². The lowest BCUT2D eigenvalue weighted by molar-refractivity contribution is -0.127. The molecule has 0 unspecified atom stereocenters. The van der Waals surface area contributed by atoms with Crippen molar-refractivity contribution >= 4 is 17.4 Å². The van der Waals surface area contributed by atoms with E-state index in [1.165, 1.54) is 12.8 Å². The number of hydrogen-bond donors (Lipinski definition) is 0. The van der Waals surface area contributed by atoms with Gasteiger partial charge in [-0.25, -0.2) is 4.98 Å². The van der Waals surface area contributed by atoms with Crippen molar-refractivity contribution < 1.29 is 9.53 Å². The largest absolute Gasteiger partial charge is 0.378 e. The highest BCUT2D eigenvalue weighted by molar-refractivity contribution is 5.97. The normalized spacial score (nSPS) is 24.7. The summed E-state index contributed by atoms with van der Waals surface area (Å²) in [5, 5.41) is 0. The molecule has 3 heterocycles. The third kappa shape index (κ3) is 3.50. The number of nitrogens with zero attached hydrogens (tertiary/aromatic N) is 3. The van der Waals surface area contributed by atoms with E-state index in [0.717, 1.165) is 43.9 Å². The molecule has 2 saturated heterocycles. The second kappa shape index (κ2) is 7.30. The van der Waals surface area contributed by atoms with Crippen molar-refractivity contribution in [3.05, 3.63) is 18.3 Å². The number of carbonyl (C=O) groups excluding carboxylic acids is 1. The van der Waals surface area contributed by atoms with Crippen LogP contribution in [0.3, 0.4) is 0 Å². The van der Waals surface area contributed by atoms with Gasteiger partial charge in [0.25, 0.3) is 0 Å². The Morgan fingerprint density at radius 2 is 2.22 bits per heavy atom. The molecule has 0 aliphatic carbocycles. The second-order valence-corrected chi connectivity index (χ2v) is 6.56. The molecule has 2 aliphatic heterocycles. The standard InChI is InChI=1S/C18H27N3O2/c1-3-15-13-14(8-12-23-15)18(22)20(2)16-7-6-9-19-17(16)21-10-4-5-11-21/h6-7,9,14-15H,3-5,8,10-13H2,1-2H3/t14-,15-/m1/s1. The highest BCUT2D eigenvalue weighted by Gasteiger charge is 2.31. The zero-order valence-electron chi connectivity index (χ0n) is 14.2. The van der Waals surface area contributed by atoms with Crippen LogP contribution >= 0.6 is 0 Å². The zero-order chi connectivity index (χ0) is 16.2. The number of pyridine rings is 1. The molecule has 2 atom stereocenters. The Bertz CT molecular complexity index is 543. The van der Waals surface area contributed by atoms with E-state index < -0.39 is 0 Å². The van der Waals surface area contributed by atoms with Gasteiger partial charge in [0.1, 0.15) is 0 Å². The SMILES string of the molecule is CC[C@@H]1C[C@H](C(=O)N(C)c2cccnc2N2CCCC2)CCO1. The first-order valence-corrected chi connectivity index (χ1v) is 8.79. The number of ether oxygens (including phenoxy) is 1. The fourth-order valence-corrected chi connectivity index (χ4v) is 3.60. The van der Waals surface area contributed by atoms with E-state index in [4.69, 9.17) is 4.74 Å². The van der Waals surface area contributed by atoms with Gasteiger partial charge in [0.15, 0.2) is 5.82 Å². The Morgan fingerprint density at radius 1 is 1.43 bits per heavy atom. The number of aromatic nitrogens is 1. The lowest BCUT2D eigenvalue weighted by atomic mass is 9.93. The second-order valence-electron chi connectivity index (χ2n) is 6.56. The molecule has 0 radical (unpaired) electrons. The van der Waals surface area contributed by atoms with Crippen LogP contribution in [-0.4, -0.2) is 43.7 Å². The Balaban J connectivity index is 1.77. The van der Waals surface area contributed by atoms with E-state index in [2.05, 4.69) is 16.8 Å². The van der Waals surface area contributed by atoms with Crippen LogP contribution in [0.15, 0.2) is 18.3 Å². The highest BCUT2D eigenvalue weighted by atomic mass is 16.5. The average molecular weight is 317 g/mol. The Morgan fingerprint density at radius 3 is 2.96 bits per heavy atom. The molecule has 0 spiro atoms. The van der Waals surface area contributed by atoms with Crippen LogP contribution in [0.4, 0.5) is 11.5 Å². The van der Waals surface area contributed by atoms with Gasteiger partial charge in [-0.15, -0.1) is 0 Å². The fourth-order valence-electron chi connectivity index (χ4n) is 3.60. The lowest BCUT2D eigenvalue weighted by Gasteiger charge is -2.32. The summed E-state index contributed by atoms with van der Waals surface area (Å²) in [7, 11) is 1.88. The number of anilines is 2. The average Bonchev–Trinajstić information content (AvgIpc) is 3.15. The first-order chi connectivity index (χ1) is 11.2. The number of carbonyl (C=O) groups is 1. The van der Waals surface area contributed by atoms with Gasteiger partial charge < -0.3 is 14.5 Å². The van der Waals surface area contributed by atoms with Crippen molar-refractivity contribution in [2.75, 3.05) is 36.5 Å². The van der Waals surface area contributed by atoms with Gasteiger partial charge in [-0.3, -0.25) is 4.79 Å². The zero-order valence-corrected chi connectivity index (χ0v) is 14.2. The molecular formula is C18H27N3O2. The Hall–Kier alpha value is -1.62. The van der Waals surface area contributed by atoms with Crippen molar-refractivity contribution in [2.24, 2.45) is 5.92 Å². The number of amides is 1.